The van der Waals surface area contributed by atoms with Gasteiger partial charge in [0.1, 0.15) is 5.69 Å². The quantitative estimate of drug-likeness (QED) is 0.834. The third kappa shape index (κ3) is 2.49. The summed E-state index contributed by atoms with van der Waals surface area (Å²) in [6.45, 7) is 0.472. The molecule has 0 N–H and O–H groups in total. The van der Waals surface area contributed by atoms with Gasteiger partial charge in [-0.3, -0.25) is 14.8 Å². The number of pyridine rings is 1. The van der Waals surface area contributed by atoms with E-state index in [1.807, 2.05) is 24.4 Å². The first-order valence-electron chi connectivity index (χ1n) is 6.02. The van der Waals surface area contributed by atoms with Crippen LogP contribution in [0.5, 0.6) is 0 Å². The predicted octanol–water partition coefficient (Wildman–Crippen LogP) is 1.66. The molecule has 3 heterocycles. The fourth-order valence-electron chi connectivity index (χ4n) is 1.89. The molecular weight excluding hydrogens is 240 g/mol. The van der Waals surface area contributed by atoms with Crippen LogP contribution < -0.4 is 5.56 Å². The van der Waals surface area contributed by atoms with Crippen LogP contribution >= 0.6 is 0 Å². The van der Waals surface area contributed by atoms with E-state index in [4.69, 9.17) is 0 Å². The molecule has 0 aromatic carbocycles. The van der Waals surface area contributed by atoms with Gasteiger partial charge in [0.2, 0.25) is 0 Å². The smallest absolute Gasteiger partial charge is 0.267 e. The fraction of sp³-hybridized carbons (Fsp3) is 0.143. The minimum Gasteiger partial charge on any atom is -0.269 e. The molecule has 1 aliphatic heterocycles. The van der Waals surface area contributed by atoms with E-state index in [-0.39, 0.29) is 5.56 Å². The molecule has 19 heavy (non-hydrogen) atoms. The highest BCUT2D eigenvalue weighted by atomic mass is 16.1. The van der Waals surface area contributed by atoms with Gasteiger partial charge >= 0.3 is 0 Å². The van der Waals surface area contributed by atoms with E-state index in [0.717, 1.165) is 17.7 Å². The van der Waals surface area contributed by atoms with Crippen LogP contribution in [0, 0.1) is 0 Å². The summed E-state index contributed by atoms with van der Waals surface area (Å²) in [5, 5.41) is 4.35. The maximum absolute atomic E-state index is 11.8. The number of rotatable bonds is 3. The molecule has 0 radical (unpaired) electrons. The standard InChI is InChI=1S/C14H12N4O/c19-14-5-4-13(12-3-1-2-7-16-12)17-18(14)10-11-6-8-15-9-11/h1-5,7-9H,6,10H2. The molecule has 0 amide bonds. The van der Waals surface area contributed by atoms with E-state index in [9.17, 15) is 4.79 Å². The number of allylic oxidation sites excluding steroid dienone is 1. The summed E-state index contributed by atoms with van der Waals surface area (Å²) >= 11 is 0. The van der Waals surface area contributed by atoms with Gasteiger partial charge in [-0.15, -0.1) is 0 Å². The number of hydrogen-bond acceptors (Lipinski definition) is 4. The summed E-state index contributed by atoms with van der Waals surface area (Å²) in [4.78, 5) is 20.1. The van der Waals surface area contributed by atoms with E-state index in [1.165, 1.54) is 10.7 Å². The van der Waals surface area contributed by atoms with Gasteiger partial charge in [-0.05, 0) is 23.8 Å². The average Bonchev–Trinajstić information content (AvgIpc) is 2.95. The Morgan fingerprint density at radius 3 is 2.84 bits per heavy atom. The lowest BCUT2D eigenvalue weighted by atomic mass is 10.2. The van der Waals surface area contributed by atoms with Crippen LogP contribution in [-0.4, -0.2) is 21.0 Å². The van der Waals surface area contributed by atoms with Crippen molar-refractivity contribution in [3.63, 3.8) is 0 Å². The summed E-state index contributed by atoms with van der Waals surface area (Å²) in [7, 11) is 0. The molecule has 0 atom stereocenters. The van der Waals surface area contributed by atoms with Crippen molar-refractivity contribution in [1.29, 1.82) is 0 Å². The van der Waals surface area contributed by atoms with E-state index in [2.05, 4.69) is 15.1 Å². The third-order valence-corrected chi connectivity index (χ3v) is 2.86. The average molecular weight is 252 g/mol. The summed E-state index contributed by atoms with van der Waals surface area (Å²) in [5.41, 5.74) is 2.41. The molecule has 5 nitrogen and oxygen atoms in total. The van der Waals surface area contributed by atoms with Crippen molar-refractivity contribution in [2.24, 2.45) is 4.99 Å². The Kier molecular flexibility index (Phi) is 3.02. The second-order valence-corrected chi connectivity index (χ2v) is 4.25. The zero-order valence-corrected chi connectivity index (χ0v) is 10.2. The molecule has 0 bridgehead atoms. The highest BCUT2D eigenvalue weighted by molar-refractivity contribution is 5.65. The molecule has 0 saturated heterocycles. The van der Waals surface area contributed by atoms with Gasteiger partial charge in [0.25, 0.3) is 5.56 Å². The Bertz CT molecular complexity index is 701. The number of nitrogens with zero attached hydrogens (tertiary/aromatic N) is 4. The van der Waals surface area contributed by atoms with Crippen molar-refractivity contribution in [3.05, 3.63) is 58.7 Å². The van der Waals surface area contributed by atoms with Crippen LogP contribution in [0.1, 0.15) is 6.42 Å². The SMILES string of the molecule is O=c1ccc(-c2ccccn2)nn1CC1=CN=CC1. The molecule has 2 aromatic heterocycles. The molecule has 0 spiro atoms. The first-order valence-corrected chi connectivity index (χ1v) is 6.02. The van der Waals surface area contributed by atoms with Crippen LogP contribution in [0.2, 0.25) is 0 Å². The summed E-state index contributed by atoms with van der Waals surface area (Å²) in [6, 6.07) is 8.83. The zero-order chi connectivity index (χ0) is 13.1. The second-order valence-electron chi connectivity index (χ2n) is 4.25. The van der Waals surface area contributed by atoms with Crippen molar-refractivity contribution < 1.29 is 0 Å². The summed E-state index contributed by atoms with van der Waals surface area (Å²) in [5.74, 6) is 0. The van der Waals surface area contributed by atoms with Gasteiger partial charge in [-0.1, -0.05) is 6.07 Å². The van der Waals surface area contributed by atoms with Crippen LogP contribution in [0.15, 0.2) is 58.1 Å². The van der Waals surface area contributed by atoms with Crippen molar-refractivity contribution in [2.45, 2.75) is 13.0 Å². The predicted molar refractivity (Wildman–Crippen MR) is 72.9 cm³/mol. The number of hydrogen-bond donors (Lipinski definition) is 0. The first kappa shape index (κ1) is 11.5. The summed E-state index contributed by atoms with van der Waals surface area (Å²) in [6.07, 6.45) is 6.09. The maximum atomic E-state index is 11.8. The monoisotopic (exact) mass is 252 g/mol. The highest BCUT2D eigenvalue weighted by Crippen LogP contribution is 2.12. The fourth-order valence-corrected chi connectivity index (χ4v) is 1.89. The summed E-state index contributed by atoms with van der Waals surface area (Å²) < 4.78 is 1.45. The Morgan fingerprint density at radius 1 is 1.16 bits per heavy atom. The largest absolute Gasteiger partial charge is 0.269 e. The second kappa shape index (κ2) is 4.97. The van der Waals surface area contributed by atoms with Crippen LogP contribution in [-0.2, 0) is 6.54 Å². The Hall–Kier alpha value is -2.56. The van der Waals surface area contributed by atoms with Gasteiger partial charge in [0.15, 0.2) is 0 Å². The molecule has 0 unspecified atom stereocenters. The van der Waals surface area contributed by atoms with Crippen LogP contribution in [0.4, 0.5) is 0 Å². The molecule has 3 rings (SSSR count). The van der Waals surface area contributed by atoms with Gasteiger partial charge in [0, 0.05) is 31.1 Å². The lowest BCUT2D eigenvalue weighted by Crippen LogP contribution is -2.23. The molecule has 0 fully saturated rings. The Labute approximate surface area is 110 Å². The zero-order valence-electron chi connectivity index (χ0n) is 10.2. The van der Waals surface area contributed by atoms with E-state index in [1.54, 1.807) is 18.5 Å². The van der Waals surface area contributed by atoms with Crippen molar-refractivity contribution in [3.8, 4) is 11.4 Å². The number of aliphatic imine (C=N–C) groups is 1. The Balaban J connectivity index is 1.94. The maximum Gasteiger partial charge on any atom is 0.267 e. The third-order valence-electron chi connectivity index (χ3n) is 2.86. The van der Waals surface area contributed by atoms with Gasteiger partial charge < -0.3 is 0 Å². The normalized spacial score (nSPS) is 13.6. The highest BCUT2D eigenvalue weighted by Gasteiger charge is 2.07. The minimum absolute atomic E-state index is 0.118. The van der Waals surface area contributed by atoms with E-state index in [0.29, 0.717) is 12.2 Å². The topological polar surface area (TPSA) is 60.1 Å². The minimum atomic E-state index is -0.118. The van der Waals surface area contributed by atoms with Crippen molar-refractivity contribution in [2.75, 3.05) is 0 Å². The molecule has 5 heteroatoms. The van der Waals surface area contributed by atoms with E-state index >= 15 is 0 Å². The van der Waals surface area contributed by atoms with Gasteiger partial charge in [0.05, 0.1) is 12.2 Å². The molecule has 0 saturated carbocycles. The van der Waals surface area contributed by atoms with Crippen molar-refractivity contribution >= 4 is 6.21 Å². The molecule has 94 valence electrons. The van der Waals surface area contributed by atoms with Crippen LogP contribution in [0.3, 0.4) is 0 Å². The molecule has 2 aromatic rings. The first-order chi connectivity index (χ1) is 9.33. The van der Waals surface area contributed by atoms with Gasteiger partial charge in [-0.2, -0.15) is 5.10 Å². The van der Waals surface area contributed by atoms with Gasteiger partial charge in [-0.25, -0.2) is 4.68 Å². The van der Waals surface area contributed by atoms with Crippen molar-refractivity contribution in [1.82, 2.24) is 14.8 Å². The van der Waals surface area contributed by atoms with E-state index < -0.39 is 0 Å². The molecule has 1 aliphatic rings. The van der Waals surface area contributed by atoms with Crippen LogP contribution in [0.25, 0.3) is 11.4 Å². The lowest BCUT2D eigenvalue weighted by Gasteiger charge is -2.06. The molecule has 0 aliphatic carbocycles. The number of aromatic nitrogens is 3. The molecular formula is C14H12N4O. The lowest BCUT2D eigenvalue weighted by molar-refractivity contribution is 0.631. The Morgan fingerprint density at radius 2 is 2.11 bits per heavy atom.